The van der Waals surface area contributed by atoms with Crippen LogP contribution in [-0.2, 0) is 20.0 Å². The zero-order valence-corrected chi connectivity index (χ0v) is 13.1. The van der Waals surface area contributed by atoms with E-state index in [1.165, 1.54) is 16.3 Å². The molecule has 8 nitrogen and oxygen atoms in total. The molecule has 0 unspecified atom stereocenters. The number of nitrogens with one attached hydrogen (secondary N) is 1. The van der Waals surface area contributed by atoms with Crippen molar-refractivity contribution in [3.8, 4) is 0 Å². The predicted molar refractivity (Wildman–Crippen MR) is 77.2 cm³/mol. The first-order valence-corrected chi connectivity index (χ1v) is 9.42. The van der Waals surface area contributed by atoms with E-state index in [1.807, 2.05) is 0 Å². The number of nitro groups is 1. The molecule has 0 bridgehead atoms. The van der Waals surface area contributed by atoms with Crippen LogP contribution in [0.3, 0.4) is 0 Å². The van der Waals surface area contributed by atoms with Crippen molar-refractivity contribution < 1.29 is 21.8 Å². The van der Waals surface area contributed by atoms with E-state index in [0.29, 0.717) is 6.42 Å². The normalized spacial score (nSPS) is 12.2. The topological polar surface area (TPSA) is 123 Å². The lowest BCUT2D eigenvalue weighted by molar-refractivity contribution is -0.387. The molecule has 0 saturated carbocycles. The lowest BCUT2D eigenvalue weighted by Gasteiger charge is -2.08. The number of nitro benzene ring substituents is 1. The van der Waals surface area contributed by atoms with Gasteiger partial charge in [0.25, 0.3) is 15.7 Å². The maximum Gasteiger partial charge on any atom is 0.289 e. The average molecular weight is 357 g/mol. The Kier molecular flexibility index (Phi) is 6.08. The number of sulfonamides is 2. The van der Waals surface area contributed by atoms with Crippen LogP contribution in [0.25, 0.3) is 0 Å². The van der Waals surface area contributed by atoms with E-state index in [9.17, 15) is 26.9 Å². The number of hydrogen-bond acceptors (Lipinski definition) is 6. The molecule has 118 valence electrons. The Morgan fingerprint density at radius 2 is 1.76 bits per heavy atom. The molecule has 0 atom stereocenters. The Labute approximate surface area is 127 Å². The largest absolute Gasteiger partial charge is 0.289 e. The van der Waals surface area contributed by atoms with Crippen LogP contribution in [0.2, 0.25) is 0 Å². The Hall–Kier alpha value is -1.23. The predicted octanol–water partition coefficient (Wildman–Crippen LogP) is 1.22. The van der Waals surface area contributed by atoms with Gasteiger partial charge in [-0.15, -0.1) is 15.7 Å². The maximum absolute atomic E-state index is 12.0. The molecule has 0 aromatic heterocycles. The fraction of sp³-hybridized carbons (Fsp3) is 0.400. The van der Waals surface area contributed by atoms with Gasteiger partial charge in [-0.2, -0.15) is 0 Å². The molecule has 0 aliphatic heterocycles. The van der Waals surface area contributed by atoms with E-state index >= 15 is 0 Å². The van der Waals surface area contributed by atoms with Gasteiger partial charge in [0.15, 0.2) is 4.90 Å². The summed E-state index contributed by atoms with van der Waals surface area (Å²) in [5, 5.41) is 10.8. The van der Waals surface area contributed by atoms with Gasteiger partial charge in [0.1, 0.15) is 0 Å². The second-order valence-electron chi connectivity index (χ2n) is 4.03. The van der Waals surface area contributed by atoms with Crippen LogP contribution >= 0.6 is 11.6 Å². The molecule has 0 radical (unpaired) electrons. The zero-order chi connectivity index (χ0) is 16.1. The Balaban J connectivity index is 3.05. The van der Waals surface area contributed by atoms with Crippen LogP contribution in [0.5, 0.6) is 0 Å². The number of unbranched alkanes of at least 4 members (excludes halogenated alkanes) is 1. The van der Waals surface area contributed by atoms with Crippen LogP contribution in [0.15, 0.2) is 29.2 Å². The highest BCUT2D eigenvalue weighted by Gasteiger charge is 2.29. The first kappa shape index (κ1) is 17.8. The molecule has 0 aliphatic carbocycles. The number of alkyl halides is 1. The SMILES string of the molecule is O=[N+]([O-])c1ccccc1S(=O)(=O)NS(=O)(=O)CCCCCl. The van der Waals surface area contributed by atoms with E-state index in [4.69, 9.17) is 11.6 Å². The molecule has 1 aromatic carbocycles. The number of hydrogen-bond donors (Lipinski definition) is 1. The van der Waals surface area contributed by atoms with Gasteiger partial charge in [-0.25, -0.2) is 16.8 Å². The summed E-state index contributed by atoms with van der Waals surface area (Å²) in [6, 6.07) is 4.50. The number of rotatable bonds is 8. The van der Waals surface area contributed by atoms with Crippen LogP contribution in [0.1, 0.15) is 12.8 Å². The molecule has 1 rings (SSSR count). The van der Waals surface area contributed by atoms with Gasteiger partial charge in [-0.1, -0.05) is 12.1 Å². The van der Waals surface area contributed by atoms with Gasteiger partial charge in [0.05, 0.1) is 10.7 Å². The first-order valence-electron chi connectivity index (χ1n) is 5.75. The highest BCUT2D eigenvalue weighted by Crippen LogP contribution is 2.23. The van der Waals surface area contributed by atoms with Crippen molar-refractivity contribution in [2.24, 2.45) is 0 Å². The summed E-state index contributed by atoms with van der Waals surface area (Å²) in [5.41, 5.74) is -0.694. The Morgan fingerprint density at radius 1 is 1.14 bits per heavy atom. The molecule has 0 saturated heterocycles. The quantitative estimate of drug-likeness (QED) is 0.323. The Morgan fingerprint density at radius 3 is 2.33 bits per heavy atom. The Bertz CT molecular complexity index is 717. The summed E-state index contributed by atoms with van der Waals surface area (Å²) < 4.78 is 48.8. The van der Waals surface area contributed by atoms with Gasteiger partial charge < -0.3 is 0 Å². The molecule has 0 fully saturated rings. The smallest absolute Gasteiger partial charge is 0.258 e. The highest BCUT2D eigenvalue weighted by molar-refractivity contribution is 8.04. The summed E-state index contributed by atoms with van der Waals surface area (Å²) in [6.07, 6.45) is 0.596. The van der Waals surface area contributed by atoms with Crippen molar-refractivity contribution in [2.75, 3.05) is 11.6 Å². The first-order chi connectivity index (χ1) is 9.69. The standard InChI is InChI=1S/C10H13ClN2O6S2/c11-7-3-4-8-20(16,17)12-21(18,19)10-6-2-1-5-9(10)13(14)15/h1-2,5-6,12H,3-4,7-8H2. The minimum atomic E-state index is -4.54. The maximum atomic E-state index is 12.0. The highest BCUT2D eigenvalue weighted by atomic mass is 35.5. The molecule has 0 heterocycles. The van der Waals surface area contributed by atoms with Crippen molar-refractivity contribution in [3.63, 3.8) is 0 Å². The van der Waals surface area contributed by atoms with Gasteiger partial charge in [-0.3, -0.25) is 10.1 Å². The van der Waals surface area contributed by atoms with Crippen molar-refractivity contribution in [1.82, 2.24) is 4.13 Å². The van der Waals surface area contributed by atoms with Gasteiger partial charge >= 0.3 is 0 Å². The molecule has 11 heteroatoms. The molecule has 0 spiro atoms. The molecular weight excluding hydrogens is 344 g/mol. The van der Waals surface area contributed by atoms with Crippen molar-refractivity contribution in [1.29, 1.82) is 0 Å². The van der Waals surface area contributed by atoms with Crippen molar-refractivity contribution in [3.05, 3.63) is 34.4 Å². The van der Waals surface area contributed by atoms with Crippen LogP contribution in [-0.4, -0.2) is 33.4 Å². The molecular formula is C10H13ClN2O6S2. The zero-order valence-electron chi connectivity index (χ0n) is 10.7. The third kappa shape index (κ3) is 5.23. The molecule has 0 amide bonds. The minimum absolute atomic E-state index is 0.186. The molecule has 1 aromatic rings. The summed E-state index contributed by atoms with van der Waals surface area (Å²) in [7, 11) is -8.66. The number of benzene rings is 1. The fourth-order valence-corrected chi connectivity index (χ4v) is 4.95. The second-order valence-corrected chi connectivity index (χ2v) is 8.16. The fourth-order valence-electron chi connectivity index (χ4n) is 1.48. The van der Waals surface area contributed by atoms with E-state index < -0.39 is 41.3 Å². The van der Waals surface area contributed by atoms with Crippen LogP contribution < -0.4 is 4.13 Å². The second kappa shape index (κ2) is 7.16. The van der Waals surface area contributed by atoms with Gasteiger partial charge in [0, 0.05) is 11.9 Å². The van der Waals surface area contributed by atoms with E-state index in [1.54, 1.807) is 0 Å². The number of nitrogens with zero attached hydrogens (tertiary/aromatic N) is 1. The molecule has 1 N–H and O–H groups in total. The minimum Gasteiger partial charge on any atom is -0.258 e. The van der Waals surface area contributed by atoms with Crippen LogP contribution in [0.4, 0.5) is 5.69 Å². The lowest BCUT2D eigenvalue weighted by Crippen LogP contribution is -2.33. The third-order valence-corrected chi connectivity index (χ3v) is 6.30. The van der Waals surface area contributed by atoms with E-state index in [-0.39, 0.29) is 12.3 Å². The summed E-state index contributed by atoms with van der Waals surface area (Å²) in [5.74, 6) is -0.175. The van der Waals surface area contributed by atoms with Crippen molar-refractivity contribution in [2.45, 2.75) is 17.7 Å². The lowest BCUT2D eigenvalue weighted by atomic mass is 10.3. The van der Waals surface area contributed by atoms with E-state index in [0.717, 1.165) is 12.1 Å². The molecule has 0 aliphatic rings. The average Bonchev–Trinajstić information content (AvgIpc) is 2.37. The summed E-state index contributed by atoms with van der Waals surface area (Å²) in [4.78, 5) is 9.20. The third-order valence-electron chi connectivity index (χ3n) is 2.38. The number of para-hydroxylation sites is 1. The summed E-state index contributed by atoms with van der Waals surface area (Å²) in [6.45, 7) is 0. The van der Waals surface area contributed by atoms with Gasteiger partial charge in [0.2, 0.25) is 10.0 Å². The summed E-state index contributed by atoms with van der Waals surface area (Å²) >= 11 is 5.41. The van der Waals surface area contributed by atoms with Crippen molar-refractivity contribution >= 4 is 37.3 Å². The monoisotopic (exact) mass is 356 g/mol. The molecule has 21 heavy (non-hydrogen) atoms. The van der Waals surface area contributed by atoms with E-state index in [2.05, 4.69) is 0 Å². The van der Waals surface area contributed by atoms with Gasteiger partial charge in [-0.05, 0) is 18.9 Å². The van der Waals surface area contributed by atoms with Crippen LogP contribution in [0, 0.1) is 10.1 Å². The number of halogens is 1.